The molecule has 2 saturated heterocycles. The van der Waals surface area contributed by atoms with Crippen molar-refractivity contribution < 1.29 is 0 Å². The normalized spacial score (nSPS) is 39.4. The summed E-state index contributed by atoms with van der Waals surface area (Å²) in [6.07, 6.45) is 8.90. The number of hydrogen-bond acceptors (Lipinski definition) is 2. The number of nitrogens with one attached hydrogen (secondary N) is 1. The molecule has 1 N–H and O–H groups in total. The molecule has 0 amide bonds. The van der Waals surface area contributed by atoms with E-state index in [4.69, 9.17) is 0 Å². The van der Waals surface area contributed by atoms with Gasteiger partial charge in [-0.1, -0.05) is 19.3 Å². The molecule has 2 heteroatoms. The molecule has 2 atom stereocenters. The second-order valence-electron chi connectivity index (χ2n) is 5.45. The lowest BCUT2D eigenvalue weighted by molar-refractivity contribution is 0.170. The molecule has 2 heterocycles. The predicted octanol–water partition coefficient (Wildman–Crippen LogP) is 1.61. The van der Waals surface area contributed by atoms with Gasteiger partial charge in [-0.15, -0.1) is 0 Å². The quantitative estimate of drug-likeness (QED) is 0.718. The summed E-state index contributed by atoms with van der Waals surface area (Å²) in [6, 6.07) is 1.73. The number of likely N-dealkylation sites (tertiary alicyclic amines) is 1. The molecule has 1 aliphatic carbocycles. The SMILES string of the molecule is C1CCC(CN2C[C@@H]3C[C@H]2CN3)CC1. The Labute approximate surface area is 87.0 Å². The van der Waals surface area contributed by atoms with Crippen molar-refractivity contribution >= 4 is 0 Å². The van der Waals surface area contributed by atoms with Crippen molar-refractivity contribution in [1.29, 1.82) is 0 Å². The van der Waals surface area contributed by atoms with E-state index in [1.165, 1.54) is 58.2 Å². The van der Waals surface area contributed by atoms with Gasteiger partial charge >= 0.3 is 0 Å². The molecule has 1 saturated carbocycles. The number of fused-ring (bicyclic) bond motifs is 2. The molecule has 0 spiro atoms. The van der Waals surface area contributed by atoms with Gasteiger partial charge in [0.25, 0.3) is 0 Å². The zero-order valence-electron chi connectivity index (χ0n) is 9.04. The number of rotatable bonds is 2. The average Bonchev–Trinajstić information content (AvgIpc) is 2.81. The second-order valence-corrected chi connectivity index (χ2v) is 5.45. The van der Waals surface area contributed by atoms with Gasteiger partial charge in [-0.2, -0.15) is 0 Å². The summed E-state index contributed by atoms with van der Waals surface area (Å²) in [4.78, 5) is 2.76. The van der Waals surface area contributed by atoms with Crippen molar-refractivity contribution in [3.05, 3.63) is 0 Å². The maximum atomic E-state index is 3.58. The molecular weight excluding hydrogens is 172 g/mol. The van der Waals surface area contributed by atoms with Crippen LogP contribution in [0.25, 0.3) is 0 Å². The molecule has 2 bridgehead atoms. The summed E-state index contributed by atoms with van der Waals surface area (Å²) in [7, 11) is 0. The van der Waals surface area contributed by atoms with E-state index < -0.39 is 0 Å². The third kappa shape index (κ3) is 1.70. The van der Waals surface area contributed by atoms with E-state index >= 15 is 0 Å². The van der Waals surface area contributed by atoms with Gasteiger partial charge in [-0.05, 0) is 25.2 Å². The zero-order valence-corrected chi connectivity index (χ0v) is 9.04. The standard InChI is InChI=1S/C12H22N2/c1-2-4-10(5-3-1)8-14-9-11-6-12(14)7-13-11/h10-13H,1-9H2/t11-,12-/m0/s1. The van der Waals surface area contributed by atoms with Crippen molar-refractivity contribution in [3.8, 4) is 0 Å². The van der Waals surface area contributed by atoms with E-state index in [1.54, 1.807) is 0 Å². The van der Waals surface area contributed by atoms with Gasteiger partial charge in [0.2, 0.25) is 0 Å². The van der Waals surface area contributed by atoms with E-state index in [9.17, 15) is 0 Å². The Kier molecular flexibility index (Phi) is 2.50. The fraction of sp³-hybridized carbons (Fsp3) is 1.00. The summed E-state index contributed by atoms with van der Waals surface area (Å²) in [6.45, 7) is 4.00. The summed E-state index contributed by atoms with van der Waals surface area (Å²) < 4.78 is 0. The van der Waals surface area contributed by atoms with Crippen LogP contribution in [-0.2, 0) is 0 Å². The highest BCUT2D eigenvalue weighted by Crippen LogP contribution is 2.29. The Morgan fingerprint density at radius 2 is 2.00 bits per heavy atom. The van der Waals surface area contributed by atoms with Crippen molar-refractivity contribution in [3.63, 3.8) is 0 Å². The highest BCUT2D eigenvalue weighted by atomic mass is 15.3. The van der Waals surface area contributed by atoms with Crippen LogP contribution in [0.4, 0.5) is 0 Å². The molecule has 0 radical (unpaired) electrons. The van der Waals surface area contributed by atoms with Gasteiger partial charge in [0.15, 0.2) is 0 Å². The topological polar surface area (TPSA) is 15.3 Å². The van der Waals surface area contributed by atoms with Gasteiger partial charge in [0, 0.05) is 31.7 Å². The smallest absolute Gasteiger partial charge is 0.0236 e. The summed E-state index contributed by atoms with van der Waals surface area (Å²) in [5.41, 5.74) is 0. The highest BCUT2D eigenvalue weighted by Gasteiger charge is 2.38. The number of hydrogen-bond donors (Lipinski definition) is 1. The lowest BCUT2D eigenvalue weighted by atomic mass is 9.89. The van der Waals surface area contributed by atoms with Crippen LogP contribution >= 0.6 is 0 Å². The minimum atomic E-state index is 0.837. The molecule has 0 aromatic heterocycles. The van der Waals surface area contributed by atoms with Gasteiger partial charge in [-0.3, -0.25) is 4.90 Å². The summed E-state index contributed by atoms with van der Waals surface area (Å²) in [5.74, 6) is 1.03. The zero-order chi connectivity index (χ0) is 9.38. The first kappa shape index (κ1) is 9.17. The lowest BCUT2D eigenvalue weighted by Crippen LogP contribution is -2.45. The Bertz CT molecular complexity index is 198. The molecule has 80 valence electrons. The van der Waals surface area contributed by atoms with E-state index in [0.29, 0.717) is 0 Å². The molecule has 3 fully saturated rings. The third-order valence-electron chi connectivity index (χ3n) is 4.39. The van der Waals surface area contributed by atoms with Crippen LogP contribution in [0, 0.1) is 5.92 Å². The Morgan fingerprint density at radius 1 is 1.14 bits per heavy atom. The first-order valence-electron chi connectivity index (χ1n) is 6.39. The fourth-order valence-electron chi connectivity index (χ4n) is 3.57. The number of nitrogens with zero attached hydrogens (tertiary/aromatic N) is 1. The summed E-state index contributed by atoms with van der Waals surface area (Å²) >= 11 is 0. The Hall–Kier alpha value is -0.0800. The Morgan fingerprint density at radius 3 is 2.64 bits per heavy atom. The molecule has 3 aliphatic rings. The molecule has 0 aromatic carbocycles. The Balaban J connectivity index is 1.52. The minimum absolute atomic E-state index is 0.837. The van der Waals surface area contributed by atoms with E-state index in [0.717, 1.165) is 18.0 Å². The third-order valence-corrected chi connectivity index (χ3v) is 4.39. The molecule has 14 heavy (non-hydrogen) atoms. The first-order chi connectivity index (χ1) is 6.92. The van der Waals surface area contributed by atoms with Gasteiger partial charge < -0.3 is 5.32 Å². The van der Waals surface area contributed by atoms with E-state index in [2.05, 4.69) is 10.2 Å². The lowest BCUT2D eigenvalue weighted by Gasteiger charge is -2.32. The maximum absolute atomic E-state index is 3.58. The predicted molar refractivity (Wildman–Crippen MR) is 58.3 cm³/mol. The monoisotopic (exact) mass is 194 g/mol. The van der Waals surface area contributed by atoms with Gasteiger partial charge in [-0.25, -0.2) is 0 Å². The van der Waals surface area contributed by atoms with Crippen LogP contribution in [0.2, 0.25) is 0 Å². The van der Waals surface area contributed by atoms with Crippen molar-refractivity contribution in [2.75, 3.05) is 19.6 Å². The number of piperazine rings is 1. The van der Waals surface area contributed by atoms with Crippen LogP contribution in [0.15, 0.2) is 0 Å². The molecule has 2 aliphatic heterocycles. The summed E-state index contributed by atoms with van der Waals surface area (Å²) in [5, 5.41) is 3.58. The minimum Gasteiger partial charge on any atom is -0.311 e. The van der Waals surface area contributed by atoms with Crippen molar-refractivity contribution in [2.24, 2.45) is 5.92 Å². The molecular formula is C12H22N2. The fourth-order valence-corrected chi connectivity index (χ4v) is 3.57. The van der Waals surface area contributed by atoms with Crippen LogP contribution in [0.3, 0.4) is 0 Å². The first-order valence-corrected chi connectivity index (χ1v) is 6.39. The average molecular weight is 194 g/mol. The van der Waals surface area contributed by atoms with Crippen LogP contribution in [-0.4, -0.2) is 36.6 Å². The molecule has 0 aromatic rings. The van der Waals surface area contributed by atoms with Gasteiger partial charge in [0.05, 0.1) is 0 Å². The van der Waals surface area contributed by atoms with Crippen molar-refractivity contribution in [2.45, 2.75) is 50.6 Å². The second kappa shape index (κ2) is 3.82. The van der Waals surface area contributed by atoms with Crippen molar-refractivity contribution in [1.82, 2.24) is 10.2 Å². The molecule has 3 rings (SSSR count). The van der Waals surface area contributed by atoms with E-state index in [1.807, 2.05) is 0 Å². The van der Waals surface area contributed by atoms with Crippen LogP contribution < -0.4 is 5.32 Å². The largest absolute Gasteiger partial charge is 0.311 e. The van der Waals surface area contributed by atoms with Gasteiger partial charge in [0.1, 0.15) is 0 Å². The molecule has 2 nitrogen and oxygen atoms in total. The highest BCUT2D eigenvalue weighted by molar-refractivity contribution is 4.97. The van der Waals surface area contributed by atoms with Crippen LogP contribution in [0.1, 0.15) is 38.5 Å². The van der Waals surface area contributed by atoms with E-state index in [-0.39, 0.29) is 0 Å². The van der Waals surface area contributed by atoms with Crippen LogP contribution in [0.5, 0.6) is 0 Å². The maximum Gasteiger partial charge on any atom is 0.0236 e. The molecule has 0 unspecified atom stereocenters.